The zero-order valence-electron chi connectivity index (χ0n) is 16.6. The highest BCUT2D eigenvalue weighted by atomic mass is 32.2. The molecular formula is C21H24N6OS. The van der Waals surface area contributed by atoms with E-state index in [9.17, 15) is 4.79 Å². The summed E-state index contributed by atoms with van der Waals surface area (Å²) in [5.74, 6) is 0.158. The number of aromatic nitrogens is 4. The molecule has 3 aromatic rings. The van der Waals surface area contributed by atoms with Crippen LogP contribution in [-0.2, 0) is 4.79 Å². The molecule has 0 saturated carbocycles. The molecule has 29 heavy (non-hydrogen) atoms. The van der Waals surface area contributed by atoms with Crippen molar-refractivity contribution in [3.05, 3.63) is 53.6 Å². The van der Waals surface area contributed by atoms with E-state index in [2.05, 4.69) is 37.9 Å². The number of benzene rings is 2. The smallest absolute Gasteiger partial charge is 0.234 e. The second-order valence-electron chi connectivity index (χ2n) is 7.24. The van der Waals surface area contributed by atoms with Gasteiger partial charge in [0.15, 0.2) is 0 Å². The Bertz CT molecular complexity index is 1010. The minimum atomic E-state index is -0.0779. The van der Waals surface area contributed by atoms with E-state index in [4.69, 9.17) is 0 Å². The van der Waals surface area contributed by atoms with Gasteiger partial charge in [-0.05, 0) is 78.6 Å². The Morgan fingerprint density at radius 2 is 1.93 bits per heavy atom. The molecule has 2 heterocycles. The maximum absolute atomic E-state index is 12.5. The molecule has 1 amide bonds. The molecule has 8 heteroatoms. The van der Waals surface area contributed by atoms with E-state index in [1.165, 1.54) is 30.3 Å². The highest BCUT2D eigenvalue weighted by Gasteiger charge is 2.15. The van der Waals surface area contributed by atoms with Crippen molar-refractivity contribution in [2.24, 2.45) is 0 Å². The first kappa shape index (κ1) is 19.4. The first-order valence-electron chi connectivity index (χ1n) is 9.74. The average molecular weight is 409 g/mol. The number of thioether (sulfide) groups is 1. The summed E-state index contributed by atoms with van der Waals surface area (Å²) in [6.07, 6.45) is 2.49. The number of aryl methyl sites for hydroxylation is 2. The second-order valence-corrected chi connectivity index (χ2v) is 8.18. The number of anilines is 2. The van der Waals surface area contributed by atoms with Crippen molar-refractivity contribution in [2.75, 3.05) is 29.1 Å². The number of tetrazole rings is 1. The molecule has 0 bridgehead atoms. The number of carbonyl (C=O) groups excluding carboxylic acids is 1. The molecule has 1 aromatic heterocycles. The summed E-state index contributed by atoms with van der Waals surface area (Å²) < 4.78 is 1.65. The maximum atomic E-state index is 12.5. The SMILES string of the molecule is Cc1cccc(-n2nnnc2SCC(=O)Nc2ccc(N3CCCC3)cc2C)c1. The fourth-order valence-electron chi connectivity index (χ4n) is 3.47. The van der Waals surface area contributed by atoms with E-state index in [0.29, 0.717) is 5.16 Å². The molecule has 150 valence electrons. The standard InChI is InChI=1S/C21H24N6OS/c1-15-6-5-7-18(12-15)27-21(23-24-25-27)29-14-20(28)22-19-9-8-17(13-16(19)2)26-10-3-4-11-26/h5-9,12-13H,3-4,10-11,14H2,1-2H3,(H,22,28). The third-order valence-electron chi connectivity index (χ3n) is 4.97. The number of amides is 1. The maximum Gasteiger partial charge on any atom is 0.234 e. The fourth-order valence-corrected chi connectivity index (χ4v) is 4.16. The normalized spacial score (nSPS) is 13.7. The van der Waals surface area contributed by atoms with E-state index < -0.39 is 0 Å². The Balaban J connectivity index is 1.38. The summed E-state index contributed by atoms with van der Waals surface area (Å²) in [7, 11) is 0. The lowest BCUT2D eigenvalue weighted by atomic mass is 10.1. The second kappa shape index (κ2) is 8.65. The Kier molecular flexibility index (Phi) is 5.80. The van der Waals surface area contributed by atoms with Gasteiger partial charge in [0.2, 0.25) is 11.1 Å². The lowest BCUT2D eigenvalue weighted by Crippen LogP contribution is -2.18. The van der Waals surface area contributed by atoms with Gasteiger partial charge in [-0.25, -0.2) is 0 Å². The van der Waals surface area contributed by atoms with Gasteiger partial charge in [-0.1, -0.05) is 23.9 Å². The monoisotopic (exact) mass is 408 g/mol. The minimum Gasteiger partial charge on any atom is -0.372 e. The van der Waals surface area contributed by atoms with E-state index in [0.717, 1.165) is 35.6 Å². The van der Waals surface area contributed by atoms with Crippen molar-refractivity contribution in [2.45, 2.75) is 31.8 Å². The predicted molar refractivity (Wildman–Crippen MR) is 116 cm³/mol. The number of carbonyl (C=O) groups is 1. The first-order valence-corrected chi connectivity index (χ1v) is 10.7. The van der Waals surface area contributed by atoms with E-state index in [-0.39, 0.29) is 11.7 Å². The molecule has 1 N–H and O–H groups in total. The molecule has 2 aromatic carbocycles. The summed E-state index contributed by atoms with van der Waals surface area (Å²) in [6.45, 7) is 6.26. The summed E-state index contributed by atoms with van der Waals surface area (Å²) >= 11 is 1.32. The average Bonchev–Trinajstić information content (AvgIpc) is 3.40. The van der Waals surface area contributed by atoms with Gasteiger partial charge in [-0.3, -0.25) is 4.79 Å². The lowest BCUT2D eigenvalue weighted by molar-refractivity contribution is -0.113. The third-order valence-corrected chi connectivity index (χ3v) is 5.89. The van der Waals surface area contributed by atoms with Gasteiger partial charge in [-0.2, -0.15) is 4.68 Å². The van der Waals surface area contributed by atoms with Gasteiger partial charge in [0.1, 0.15) is 0 Å². The summed E-state index contributed by atoms with van der Waals surface area (Å²) in [4.78, 5) is 14.9. The third kappa shape index (κ3) is 4.59. The van der Waals surface area contributed by atoms with Crippen LogP contribution >= 0.6 is 11.8 Å². The van der Waals surface area contributed by atoms with Crippen LogP contribution in [0.4, 0.5) is 11.4 Å². The van der Waals surface area contributed by atoms with Crippen LogP contribution in [0.25, 0.3) is 5.69 Å². The van der Waals surface area contributed by atoms with Crippen LogP contribution in [0.5, 0.6) is 0 Å². The number of nitrogens with one attached hydrogen (secondary N) is 1. The Labute approximate surface area is 174 Å². The number of rotatable bonds is 6. The largest absolute Gasteiger partial charge is 0.372 e. The van der Waals surface area contributed by atoms with Crippen molar-refractivity contribution in [3.8, 4) is 5.69 Å². The quantitative estimate of drug-likeness (QED) is 0.628. The molecule has 0 radical (unpaired) electrons. The van der Waals surface area contributed by atoms with Crippen LogP contribution in [0.1, 0.15) is 24.0 Å². The van der Waals surface area contributed by atoms with Crippen molar-refractivity contribution >= 4 is 29.0 Å². The Morgan fingerprint density at radius 3 is 2.69 bits per heavy atom. The fraction of sp³-hybridized carbons (Fsp3) is 0.333. The van der Waals surface area contributed by atoms with Crippen molar-refractivity contribution in [1.82, 2.24) is 20.2 Å². The van der Waals surface area contributed by atoms with Crippen LogP contribution in [0, 0.1) is 13.8 Å². The van der Waals surface area contributed by atoms with Gasteiger partial charge >= 0.3 is 0 Å². The summed E-state index contributed by atoms with van der Waals surface area (Å²) in [5, 5.41) is 15.5. The Morgan fingerprint density at radius 1 is 1.10 bits per heavy atom. The van der Waals surface area contributed by atoms with Crippen molar-refractivity contribution < 1.29 is 4.79 Å². The van der Waals surface area contributed by atoms with Gasteiger partial charge in [0.05, 0.1) is 11.4 Å². The molecule has 1 aliphatic rings. The molecule has 0 unspecified atom stereocenters. The van der Waals surface area contributed by atoms with E-state index in [1.807, 2.05) is 44.2 Å². The number of nitrogens with zero attached hydrogens (tertiary/aromatic N) is 5. The molecular weight excluding hydrogens is 384 g/mol. The van der Waals surface area contributed by atoms with Gasteiger partial charge in [-0.15, -0.1) is 5.10 Å². The summed E-state index contributed by atoms with van der Waals surface area (Å²) in [6, 6.07) is 14.1. The van der Waals surface area contributed by atoms with Gasteiger partial charge in [0, 0.05) is 24.5 Å². The van der Waals surface area contributed by atoms with Crippen molar-refractivity contribution in [1.29, 1.82) is 0 Å². The summed E-state index contributed by atoms with van der Waals surface area (Å²) in [5.41, 5.74) is 5.14. The number of hydrogen-bond donors (Lipinski definition) is 1. The van der Waals surface area contributed by atoms with Crippen LogP contribution in [0.15, 0.2) is 47.6 Å². The molecule has 7 nitrogen and oxygen atoms in total. The Hall–Kier alpha value is -2.87. The van der Waals surface area contributed by atoms with Crippen molar-refractivity contribution in [3.63, 3.8) is 0 Å². The van der Waals surface area contributed by atoms with Crippen LogP contribution in [0.3, 0.4) is 0 Å². The van der Waals surface area contributed by atoms with Crippen LogP contribution in [0.2, 0.25) is 0 Å². The predicted octanol–water partition coefficient (Wildman–Crippen LogP) is 3.61. The molecule has 1 saturated heterocycles. The van der Waals surface area contributed by atoms with Gasteiger partial charge in [0.25, 0.3) is 0 Å². The molecule has 1 aliphatic heterocycles. The highest BCUT2D eigenvalue weighted by molar-refractivity contribution is 7.99. The minimum absolute atomic E-state index is 0.0779. The molecule has 0 atom stereocenters. The van der Waals surface area contributed by atoms with Gasteiger partial charge < -0.3 is 10.2 Å². The topological polar surface area (TPSA) is 75.9 Å². The molecule has 0 spiro atoms. The highest BCUT2D eigenvalue weighted by Crippen LogP contribution is 2.26. The number of hydrogen-bond acceptors (Lipinski definition) is 6. The van der Waals surface area contributed by atoms with Crippen LogP contribution in [-0.4, -0.2) is 45.0 Å². The molecule has 1 fully saturated rings. The first-order chi connectivity index (χ1) is 14.1. The lowest BCUT2D eigenvalue weighted by Gasteiger charge is -2.19. The molecule has 4 rings (SSSR count). The zero-order chi connectivity index (χ0) is 20.2. The van der Waals surface area contributed by atoms with E-state index >= 15 is 0 Å². The zero-order valence-corrected chi connectivity index (χ0v) is 17.4. The van der Waals surface area contributed by atoms with E-state index in [1.54, 1.807) is 4.68 Å². The molecule has 0 aliphatic carbocycles. The van der Waals surface area contributed by atoms with Crippen LogP contribution < -0.4 is 10.2 Å².